The van der Waals surface area contributed by atoms with Crippen molar-refractivity contribution in [2.75, 3.05) is 18.0 Å². The zero-order valence-corrected chi connectivity index (χ0v) is 16.5. The van der Waals surface area contributed by atoms with E-state index in [0.29, 0.717) is 18.4 Å². The van der Waals surface area contributed by atoms with Crippen LogP contribution >= 0.6 is 0 Å². The van der Waals surface area contributed by atoms with Crippen molar-refractivity contribution in [2.24, 2.45) is 0 Å². The van der Waals surface area contributed by atoms with Gasteiger partial charge in [-0.3, -0.25) is 4.79 Å². The molecule has 1 saturated carbocycles. The highest BCUT2D eigenvalue weighted by Gasteiger charge is 2.35. The number of ether oxygens (including phenoxy) is 1. The van der Waals surface area contributed by atoms with Crippen molar-refractivity contribution in [3.8, 4) is 6.07 Å². The summed E-state index contributed by atoms with van der Waals surface area (Å²) in [5.41, 5.74) is 0.607. The molecule has 0 unspecified atom stereocenters. The second kappa shape index (κ2) is 9.40. The van der Waals surface area contributed by atoms with Crippen LogP contribution in [0.1, 0.15) is 63.2 Å². The molecule has 1 aromatic rings. The molecule has 6 nitrogen and oxygen atoms in total. The van der Waals surface area contributed by atoms with Crippen LogP contribution in [-0.2, 0) is 9.53 Å². The Balaban J connectivity index is 1.96. The lowest BCUT2D eigenvalue weighted by atomic mass is 9.83. The first kappa shape index (κ1) is 20.8. The van der Waals surface area contributed by atoms with Gasteiger partial charge in [-0.05, 0) is 57.9 Å². The number of nitriles is 1. The molecule has 0 aliphatic heterocycles. The van der Waals surface area contributed by atoms with E-state index in [1.165, 1.54) is 6.92 Å². The molecule has 0 radical (unpaired) electrons. The SMILES string of the molecule is CCN(CC)c1ccc(C(=O)O[C@H](C)C(=O)NC2(C#N)CCCCC2)cc1. The van der Waals surface area contributed by atoms with E-state index in [4.69, 9.17) is 4.74 Å². The summed E-state index contributed by atoms with van der Waals surface area (Å²) >= 11 is 0. The van der Waals surface area contributed by atoms with E-state index in [0.717, 1.165) is 38.0 Å². The lowest BCUT2D eigenvalue weighted by Gasteiger charge is -2.32. The van der Waals surface area contributed by atoms with Crippen LogP contribution in [0.15, 0.2) is 24.3 Å². The zero-order valence-electron chi connectivity index (χ0n) is 16.5. The molecule has 1 aromatic carbocycles. The normalized spacial score (nSPS) is 16.7. The van der Waals surface area contributed by atoms with Crippen molar-refractivity contribution in [3.63, 3.8) is 0 Å². The molecule has 2 rings (SSSR count). The first-order chi connectivity index (χ1) is 12.9. The minimum Gasteiger partial charge on any atom is -0.449 e. The van der Waals surface area contributed by atoms with Crippen LogP contribution < -0.4 is 10.2 Å². The smallest absolute Gasteiger partial charge is 0.338 e. The molecule has 0 spiro atoms. The molecule has 0 aromatic heterocycles. The van der Waals surface area contributed by atoms with Gasteiger partial charge in [0.25, 0.3) is 5.91 Å². The standard InChI is InChI=1S/C21H29N3O3/c1-4-24(5-2)18-11-9-17(10-12-18)20(26)27-16(3)19(25)23-21(15-22)13-7-6-8-14-21/h9-12,16H,4-8,13-14H2,1-3H3,(H,23,25)/t16-/m1/s1. The average Bonchev–Trinajstić information content (AvgIpc) is 2.70. The molecule has 1 amide bonds. The number of hydrogen-bond donors (Lipinski definition) is 1. The number of nitrogens with one attached hydrogen (secondary N) is 1. The van der Waals surface area contributed by atoms with Gasteiger partial charge in [0, 0.05) is 18.8 Å². The molecule has 1 aliphatic carbocycles. The maximum atomic E-state index is 12.4. The maximum absolute atomic E-state index is 12.4. The summed E-state index contributed by atoms with van der Waals surface area (Å²) < 4.78 is 5.31. The number of anilines is 1. The van der Waals surface area contributed by atoms with Gasteiger partial charge >= 0.3 is 5.97 Å². The van der Waals surface area contributed by atoms with Gasteiger partial charge in [-0.25, -0.2) is 4.79 Å². The van der Waals surface area contributed by atoms with Gasteiger partial charge in [0.15, 0.2) is 6.10 Å². The fourth-order valence-corrected chi connectivity index (χ4v) is 3.44. The van der Waals surface area contributed by atoms with Crippen molar-refractivity contribution < 1.29 is 14.3 Å². The van der Waals surface area contributed by atoms with Crippen molar-refractivity contribution in [1.82, 2.24) is 5.32 Å². The summed E-state index contributed by atoms with van der Waals surface area (Å²) in [6.07, 6.45) is 3.24. The molecular weight excluding hydrogens is 342 g/mol. The Labute approximate surface area is 161 Å². The lowest BCUT2D eigenvalue weighted by molar-refractivity contribution is -0.130. The predicted molar refractivity (Wildman–Crippen MR) is 104 cm³/mol. The molecule has 146 valence electrons. The predicted octanol–water partition coefficient (Wildman–Crippen LogP) is 3.42. The van der Waals surface area contributed by atoms with E-state index in [1.807, 2.05) is 12.1 Å². The molecule has 1 N–H and O–H groups in total. The first-order valence-corrected chi connectivity index (χ1v) is 9.74. The molecule has 0 bridgehead atoms. The van der Waals surface area contributed by atoms with E-state index in [2.05, 4.69) is 30.1 Å². The molecule has 0 saturated heterocycles. The second-order valence-corrected chi connectivity index (χ2v) is 7.01. The van der Waals surface area contributed by atoms with Crippen molar-refractivity contribution in [2.45, 2.75) is 64.5 Å². The molecule has 0 heterocycles. The number of amides is 1. The fourth-order valence-electron chi connectivity index (χ4n) is 3.44. The third kappa shape index (κ3) is 5.22. The number of nitrogens with zero attached hydrogens (tertiary/aromatic N) is 2. The number of hydrogen-bond acceptors (Lipinski definition) is 5. The third-order valence-electron chi connectivity index (χ3n) is 5.17. The average molecular weight is 371 g/mol. The minimum atomic E-state index is -0.952. The maximum Gasteiger partial charge on any atom is 0.338 e. The van der Waals surface area contributed by atoms with E-state index in [9.17, 15) is 14.9 Å². The summed E-state index contributed by atoms with van der Waals surface area (Å²) in [7, 11) is 0. The topological polar surface area (TPSA) is 82.4 Å². The van der Waals surface area contributed by atoms with E-state index in [-0.39, 0.29) is 0 Å². The van der Waals surface area contributed by atoms with Crippen LogP contribution in [-0.4, -0.2) is 36.6 Å². The number of carbonyl (C=O) groups excluding carboxylic acids is 2. The van der Waals surface area contributed by atoms with Crippen molar-refractivity contribution in [1.29, 1.82) is 5.26 Å². The van der Waals surface area contributed by atoms with Crippen LogP contribution in [0.3, 0.4) is 0 Å². The van der Waals surface area contributed by atoms with Gasteiger partial charge in [0.1, 0.15) is 5.54 Å². The Bertz CT molecular complexity index is 684. The lowest BCUT2D eigenvalue weighted by Crippen LogP contribution is -2.52. The number of esters is 1. The Hall–Kier alpha value is -2.55. The highest BCUT2D eigenvalue weighted by atomic mass is 16.5. The van der Waals surface area contributed by atoms with Crippen LogP contribution in [0.25, 0.3) is 0 Å². The Kier molecular flexibility index (Phi) is 7.23. The summed E-state index contributed by atoms with van der Waals surface area (Å²) in [5, 5.41) is 12.3. The van der Waals surface area contributed by atoms with Gasteiger partial charge in [-0.1, -0.05) is 19.3 Å². The Morgan fingerprint density at radius 1 is 1.19 bits per heavy atom. The Morgan fingerprint density at radius 3 is 2.30 bits per heavy atom. The zero-order chi connectivity index (χ0) is 19.9. The molecular formula is C21H29N3O3. The monoisotopic (exact) mass is 371 g/mol. The number of benzene rings is 1. The Morgan fingerprint density at radius 2 is 1.78 bits per heavy atom. The minimum absolute atomic E-state index is 0.401. The molecule has 27 heavy (non-hydrogen) atoms. The highest BCUT2D eigenvalue weighted by molar-refractivity contribution is 5.92. The van der Waals surface area contributed by atoms with Crippen LogP contribution in [0.2, 0.25) is 0 Å². The van der Waals surface area contributed by atoms with E-state index in [1.54, 1.807) is 12.1 Å². The van der Waals surface area contributed by atoms with Crippen LogP contribution in [0.4, 0.5) is 5.69 Å². The molecule has 1 aliphatic rings. The van der Waals surface area contributed by atoms with Crippen molar-refractivity contribution in [3.05, 3.63) is 29.8 Å². The summed E-state index contributed by atoms with van der Waals surface area (Å²) in [6, 6.07) is 9.40. The number of rotatable bonds is 7. The quantitative estimate of drug-likeness (QED) is 0.743. The van der Waals surface area contributed by atoms with Crippen molar-refractivity contribution >= 4 is 17.6 Å². The largest absolute Gasteiger partial charge is 0.449 e. The summed E-state index contributed by atoms with van der Waals surface area (Å²) in [4.78, 5) is 26.9. The summed E-state index contributed by atoms with van der Waals surface area (Å²) in [5.74, 6) is -0.968. The molecule has 1 fully saturated rings. The first-order valence-electron chi connectivity index (χ1n) is 9.74. The van der Waals surface area contributed by atoms with E-state index < -0.39 is 23.5 Å². The van der Waals surface area contributed by atoms with E-state index >= 15 is 0 Å². The van der Waals surface area contributed by atoms with Crippen LogP contribution in [0, 0.1) is 11.3 Å². The van der Waals surface area contributed by atoms with Gasteiger partial charge < -0.3 is 15.0 Å². The highest BCUT2D eigenvalue weighted by Crippen LogP contribution is 2.27. The van der Waals surface area contributed by atoms with Gasteiger partial charge in [-0.15, -0.1) is 0 Å². The summed E-state index contributed by atoms with van der Waals surface area (Å²) in [6.45, 7) is 7.46. The van der Waals surface area contributed by atoms with Gasteiger partial charge in [0.05, 0.1) is 11.6 Å². The van der Waals surface area contributed by atoms with Gasteiger partial charge in [-0.2, -0.15) is 5.26 Å². The van der Waals surface area contributed by atoms with Crippen LogP contribution in [0.5, 0.6) is 0 Å². The second-order valence-electron chi connectivity index (χ2n) is 7.01. The third-order valence-corrected chi connectivity index (χ3v) is 5.17. The van der Waals surface area contributed by atoms with Gasteiger partial charge in [0.2, 0.25) is 0 Å². The molecule has 1 atom stereocenters. The number of carbonyl (C=O) groups is 2. The molecule has 6 heteroatoms. The fraction of sp³-hybridized carbons (Fsp3) is 0.571.